The van der Waals surface area contributed by atoms with E-state index in [9.17, 15) is 37.1 Å². The zero-order chi connectivity index (χ0) is 32.8. The number of fused-ring (bicyclic) bond motifs is 2. The third kappa shape index (κ3) is 7.18. The summed E-state index contributed by atoms with van der Waals surface area (Å²) < 4.78 is 44.6. The average Bonchev–Trinajstić information content (AvgIpc) is 3.29. The van der Waals surface area contributed by atoms with E-state index >= 15 is 0 Å². The number of benzene rings is 1. The topological polar surface area (TPSA) is 134 Å². The van der Waals surface area contributed by atoms with E-state index in [0.717, 1.165) is 18.2 Å². The molecular weight excluding hydrogens is 581 g/mol. The van der Waals surface area contributed by atoms with Crippen molar-refractivity contribution in [1.82, 2.24) is 20.9 Å². The number of likely N-dealkylation sites (tertiary alicyclic amines) is 1. The summed E-state index contributed by atoms with van der Waals surface area (Å²) in [6, 6.07) is 3.80. The molecule has 1 aliphatic heterocycles. The molecule has 0 radical (unpaired) electrons. The van der Waals surface area contributed by atoms with Crippen molar-refractivity contribution in [3.63, 3.8) is 0 Å². The Kier molecular flexibility index (Phi) is 9.10. The average molecular weight is 623 g/mol. The molecule has 1 saturated heterocycles. The Morgan fingerprint density at radius 2 is 1.61 bits per heavy atom. The highest BCUT2D eigenvalue weighted by Gasteiger charge is 2.70. The molecule has 3 N–H and O–H groups in total. The SMILES string of the molecule is CNC(=O)C(=O)C(CCC(F)(F)F)NC(=O)[C@@H]1[C@@H]2[C@H](CN1C(=O)[C@@H](NC(=O)OC(C)(C)C)C1Cc3ccccc3C1)C2(C)C. The van der Waals surface area contributed by atoms with E-state index in [1.807, 2.05) is 38.1 Å². The molecular formula is C31H41F3N4O6. The lowest BCUT2D eigenvalue weighted by molar-refractivity contribution is -0.147. The van der Waals surface area contributed by atoms with Crippen LogP contribution in [-0.4, -0.2) is 78.0 Å². The third-order valence-electron chi connectivity index (χ3n) is 9.05. The lowest BCUT2D eigenvalue weighted by Crippen LogP contribution is -2.59. The van der Waals surface area contributed by atoms with Crippen LogP contribution in [0.1, 0.15) is 58.6 Å². The molecule has 242 valence electrons. The normalized spacial score (nSPS) is 23.6. The molecule has 1 heterocycles. The Morgan fingerprint density at radius 3 is 2.14 bits per heavy atom. The van der Waals surface area contributed by atoms with Crippen molar-refractivity contribution in [2.45, 2.75) is 90.2 Å². The Balaban J connectivity index is 1.61. The molecule has 2 aliphatic carbocycles. The summed E-state index contributed by atoms with van der Waals surface area (Å²) >= 11 is 0. The van der Waals surface area contributed by atoms with Crippen LogP contribution in [0.5, 0.6) is 0 Å². The quantitative estimate of drug-likeness (QED) is 0.363. The molecule has 1 aromatic carbocycles. The number of halogens is 3. The maximum atomic E-state index is 14.3. The highest BCUT2D eigenvalue weighted by Crippen LogP contribution is 2.65. The van der Waals surface area contributed by atoms with Crippen LogP contribution in [0.25, 0.3) is 0 Å². The number of hydrogen-bond donors (Lipinski definition) is 3. The number of alkyl halides is 3. The summed E-state index contributed by atoms with van der Waals surface area (Å²) in [7, 11) is 1.16. The number of carbonyl (C=O) groups is 5. The monoisotopic (exact) mass is 622 g/mol. The standard InChI is InChI=1S/C31H41F3N4O6/c1-29(2,3)44-28(43)37-22(18-13-16-9-7-8-10-17(16)14-18)27(42)38-15-19-21(30(19,4)5)23(38)25(40)36-20(11-12-31(32,33)34)24(39)26(41)35-6/h7-10,18-23H,11-15H2,1-6H3,(H,35,41)(H,36,40)(H,37,43)/t19-,20?,21-,22-,23-/m0/s1. The molecule has 44 heavy (non-hydrogen) atoms. The van der Waals surface area contributed by atoms with Gasteiger partial charge in [0, 0.05) is 20.0 Å². The molecule has 2 fully saturated rings. The van der Waals surface area contributed by atoms with Gasteiger partial charge in [-0.15, -0.1) is 0 Å². The van der Waals surface area contributed by atoms with Gasteiger partial charge in [0.25, 0.3) is 5.91 Å². The number of nitrogens with zero attached hydrogens (tertiary/aromatic N) is 1. The molecule has 0 bridgehead atoms. The fourth-order valence-electron chi connectivity index (χ4n) is 6.75. The van der Waals surface area contributed by atoms with Crippen molar-refractivity contribution in [2.24, 2.45) is 23.2 Å². The molecule has 0 aromatic heterocycles. The molecule has 0 spiro atoms. The predicted molar refractivity (Wildman–Crippen MR) is 153 cm³/mol. The molecule has 4 amide bonds. The molecule has 10 nitrogen and oxygen atoms in total. The first kappa shape index (κ1) is 33.3. The third-order valence-corrected chi connectivity index (χ3v) is 9.05. The van der Waals surface area contributed by atoms with E-state index in [1.165, 1.54) is 4.90 Å². The van der Waals surface area contributed by atoms with Crippen molar-refractivity contribution in [3.8, 4) is 0 Å². The van der Waals surface area contributed by atoms with Crippen molar-refractivity contribution in [2.75, 3.05) is 13.6 Å². The van der Waals surface area contributed by atoms with Crippen LogP contribution < -0.4 is 16.0 Å². The van der Waals surface area contributed by atoms with Gasteiger partial charge in [-0.05, 0) is 74.3 Å². The number of amides is 4. The second kappa shape index (κ2) is 12.0. The van der Waals surface area contributed by atoms with Crippen LogP contribution in [0.15, 0.2) is 24.3 Å². The fourth-order valence-corrected chi connectivity index (χ4v) is 6.75. The lowest BCUT2D eigenvalue weighted by Gasteiger charge is -2.35. The van der Waals surface area contributed by atoms with Crippen molar-refractivity contribution >= 4 is 29.6 Å². The summed E-state index contributed by atoms with van der Waals surface area (Å²) in [5.74, 6) is -4.41. The number of rotatable bonds is 9. The van der Waals surface area contributed by atoms with E-state index in [2.05, 4.69) is 16.0 Å². The van der Waals surface area contributed by atoms with Crippen molar-refractivity contribution in [3.05, 3.63) is 35.4 Å². The van der Waals surface area contributed by atoms with Gasteiger partial charge in [-0.3, -0.25) is 19.2 Å². The van der Waals surface area contributed by atoms with Gasteiger partial charge in [0.2, 0.25) is 17.6 Å². The zero-order valence-electron chi connectivity index (χ0n) is 25.8. The van der Waals surface area contributed by atoms with E-state index in [1.54, 1.807) is 20.8 Å². The van der Waals surface area contributed by atoms with E-state index in [4.69, 9.17) is 4.74 Å². The van der Waals surface area contributed by atoms with E-state index in [-0.39, 0.29) is 29.7 Å². The van der Waals surface area contributed by atoms with Gasteiger partial charge in [0.1, 0.15) is 17.7 Å². The molecule has 1 saturated carbocycles. The van der Waals surface area contributed by atoms with Crippen LogP contribution in [0.2, 0.25) is 0 Å². The number of hydrogen-bond acceptors (Lipinski definition) is 6. The molecule has 13 heteroatoms. The van der Waals surface area contributed by atoms with E-state index < -0.39 is 72.3 Å². The van der Waals surface area contributed by atoms with Gasteiger partial charge in [-0.25, -0.2) is 4.79 Å². The minimum absolute atomic E-state index is 0.0755. The smallest absolute Gasteiger partial charge is 0.408 e. The van der Waals surface area contributed by atoms with Crippen LogP contribution in [-0.2, 0) is 36.8 Å². The number of nitrogens with one attached hydrogen (secondary N) is 3. The molecule has 5 atom stereocenters. The number of piperidine rings is 1. The van der Waals surface area contributed by atoms with Crippen LogP contribution in [0.4, 0.5) is 18.0 Å². The highest BCUT2D eigenvalue weighted by atomic mass is 19.4. The van der Waals surface area contributed by atoms with Gasteiger partial charge in [-0.1, -0.05) is 38.1 Å². The molecule has 3 aliphatic rings. The number of ether oxygens (including phenoxy) is 1. The molecule has 1 aromatic rings. The number of ketones is 1. The first-order valence-electron chi connectivity index (χ1n) is 14.8. The number of likely N-dealkylation sites (N-methyl/N-ethyl adjacent to an activating group) is 1. The second-order valence-corrected chi connectivity index (χ2v) is 13.6. The Labute approximate surface area is 254 Å². The first-order valence-corrected chi connectivity index (χ1v) is 14.8. The lowest BCUT2D eigenvalue weighted by atomic mass is 9.93. The minimum Gasteiger partial charge on any atom is -0.444 e. The van der Waals surface area contributed by atoms with Gasteiger partial charge >= 0.3 is 12.3 Å². The largest absolute Gasteiger partial charge is 0.444 e. The number of Topliss-reactive ketones (excluding diaryl/α,β-unsaturated/α-hetero) is 1. The first-order chi connectivity index (χ1) is 20.3. The summed E-state index contributed by atoms with van der Waals surface area (Å²) in [4.78, 5) is 67.1. The molecule has 4 rings (SSSR count). The summed E-state index contributed by atoms with van der Waals surface area (Å²) in [5, 5.41) is 7.20. The predicted octanol–water partition coefficient (Wildman–Crippen LogP) is 2.92. The van der Waals surface area contributed by atoms with Crippen molar-refractivity contribution < 1.29 is 41.9 Å². The van der Waals surface area contributed by atoms with Crippen molar-refractivity contribution in [1.29, 1.82) is 0 Å². The Hall–Kier alpha value is -3.64. The Bertz CT molecular complexity index is 1300. The number of alkyl carbamates (subject to hydrolysis) is 1. The van der Waals surface area contributed by atoms with Crippen LogP contribution in [0, 0.1) is 23.2 Å². The second-order valence-electron chi connectivity index (χ2n) is 13.6. The van der Waals surface area contributed by atoms with E-state index in [0.29, 0.717) is 12.8 Å². The molecule has 1 unspecified atom stereocenters. The number of carbonyl (C=O) groups excluding carboxylic acids is 5. The van der Waals surface area contributed by atoms with Crippen LogP contribution >= 0.6 is 0 Å². The summed E-state index contributed by atoms with van der Waals surface area (Å²) in [6.45, 7) is 9.15. The van der Waals surface area contributed by atoms with Gasteiger partial charge in [-0.2, -0.15) is 13.2 Å². The van der Waals surface area contributed by atoms with Gasteiger partial charge < -0.3 is 25.6 Å². The fraction of sp³-hybridized carbons (Fsp3) is 0.645. The summed E-state index contributed by atoms with van der Waals surface area (Å²) in [5.41, 5.74) is 0.909. The van der Waals surface area contributed by atoms with Gasteiger partial charge in [0.15, 0.2) is 0 Å². The maximum absolute atomic E-state index is 14.3. The van der Waals surface area contributed by atoms with Gasteiger partial charge in [0.05, 0.1) is 6.04 Å². The zero-order valence-corrected chi connectivity index (χ0v) is 25.8. The highest BCUT2D eigenvalue weighted by molar-refractivity contribution is 6.38. The summed E-state index contributed by atoms with van der Waals surface area (Å²) in [6.07, 6.45) is -6.62. The van der Waals surface area contributed by atoms with Crippen LogP contribution in [0.3, 0.4) is 0 Å². The Morgan fingerprint density at radius 1 is 1.02 bits per heavy atom. The minimum atomic E-state index is -4.62. The maximum Gasteiger partial charge on any atom is 0.408 e.